The van der Waals surface area contributed by atoms with Crippen LogP contribution in [0.4, 0.5) is 0 Å². The second-order valence-corrected chi connectivity index (χ2v) is 7.59. The van der Waals surface area contributed by atoms with Gasteiger partial charge in [-0.25, -0.2) is 0 Å². The zero-order chi connectivity index (χ0) is 20.8. The van der Waals surface area contributed by atoms with Gasteiger partial charge < -0.3 is 28.4 Å². The Morgan fingerprint density at radius 3 is 2.69 bits per heavy atom. The van der Waals surface area contributed by atoms with Crippen molar-refractivity contribution < 1.29 is 33.2 Å². The average Bonchev–Trinajstić information content (AvgIpc) is 3.31. The third-order valence-electron chi connectivity index (χ3n) is 6.30. The molecule has 29 heavy (non-hydrogen) atoms. The second-order valence-electron chi connectivity index (χ2n) is 7.59. The number of Topliss-reactive ketones (excluding diaryl/α,β-unsaturated/α-hetero) is 1. The number of rotatable bonds is 6. The molecule has 0 aromatic heterocycles. The molecule has 0 radical (unpaired) electrons. The average molecular weight is 402 g/mol. The van der Waals surface area contributed by atoms with Crippen molar-refractivity contribution in [2.24, 2.45) is 11.3 Å². The van der Waals surface area contributed by atoms with Crippen molar-refractivity contribution in [1.82, 2.24) is 0 Å². The summed E-state index contributed by atoms with van der Waals surface area (Å²) in [5.41, 5.74) is 0.441. The Morgan fingerprint density at radius 1 is 1.24 bits per heavy atom. The van der Waals surface area contributed by atoms with E-state index in [1.165, 1.54) is 7.11 Å². The zero-order valence-corrected chi connectivity index (χ0v) is 17.2. The third kappa shape index (κ3) is 2.79. The highest BCUT2D eigenvalue weighted by molar-refractivity contribution is 5.99. The normalized spacial score (nSPS) is 30.1. The highest BCUT2D eigenvalue weighted by Crippen LogP contribution is 2.61. The highest BCUT2D eigenvalue weighted by Gasteiger charge is 2.58. The molecule has 7 nitrogen and oxygen atoms in total. The van der Waals surface area contributed by atoms with E-state index in [1.807, 2.05) is 18.2 Å². The zero-order valence-electron chi connectivity index (χ0n) is 17.2. The van der Waals surface area contributed by atoms with Crippen LogP contribution in [0.1, 0.15) is 31.4 Å². The van der Waals surface area contributed by atoms with Crippen LogP contribution in [-0.4, -0.2) is 40.0 Å². The van der Waals surface area contributed by atoms with Crippen LogP contribution in [0.25, 0.3) is 0 Å². The van der Waals surface area contributed by atoms with Crippen LogP contribution in [0, 0.1) is 11.3 Å². The summed E-state index contributed by atoms with van der Waals surface area (Å²) in [6.07, 6.45) is 2.11. The summed E-state index contributed by atoms with van der Waals surface area (Å²) in [7, 11) is 4.62. The summed E-state index contributed by atoms with van der Waals surface area (Å²) in [5.74, 6) is 2.43. The molecule has 1 fully saturated rings. The molecule has 1 saturated heterocycles. The van der Waals surface area contributed by atoms with E-state index in [0.29, 0.717) is 35.8 Å². The van der Waals surface area contributed by atoms with E-state index in [4.69, 9.17) is 28.4 Å². The Labute approximate surface area is 170 Å². The van der Waals surface area contributed by atoms with Crippen LogP contribution < -0.4 is 14.2 Å². The standard InChI is InChI=1S/C22H26O7/c1-6-7-22-10-16(25-4)17(23)20(26-5)21(22)29-18(12(22)2)13-8-14(24-3)19-15(9-13)27-11-28-19/h6,8-9,12,16,18H,1,7,10-11H2,2-5H3/t12-,16-,18-,22-/m0/s1. The molecule has 0 N–H and O–H groups in total. The fraction of sp³-hybridized carbons (Fsp3) is 0.500. The fourth-order valence-corrected chi connectivity index (χ4v) is 4.76. The lowest BCUT2D eigenvalue weighted by molar-refractivity contribution is -0.132. The predicted molar refractivity (Wildman–Crippen MR) is 104 cm³/mol. The van der Waals surface area contributed by atoms with Gasteiger partial charge in [-0.15, -0.1) is 6.58 Å². The molecule has 4 atom stereocenters. The van der Waals surface area contributed by atoms with Crippen molar-refractivity contribution in [2.45, 2.75) is 32.0 Å². The Kier molecular flexibility index (Phi) is 4.94. The smallest absolute Gasteiger partial charge is 0.231 e. The van der Waals surface area contributed by atoms with Gasteiger partial charge in [-0.1, -0.05) is 13.0 Å². The molecule has 7 heteroatoms. The van der Waals surface area contributed by atoms with E-state index < -0.39 is 11.5 Å². The molecule has 1 aromatic carbocycles. The molecule has 1 aromatic rings. The fourth-order valence-electron chi connectivity index (χ4n) is 4.76. The van der Waals surface area contributed by atoms with Crippen molar-refractivity contribution >= 4 is 5.78 Å². The molecule has 2 heterocycles. The maximum absolute atomic E-state index is 12.8. The van der Waals surface area contributed by atoms with E-state index in [1.54, 1.807) is 14.2 Å². The molecule has 3 aliphatic rings. The number of hydrogen-bond acceptors (Lipinski definition) is 7. The van der Waals surface area contributed by atoms with Crippen LogP contribution in [0.2, 0.25) is 0 Å². The number of methoxy groups -OCH3 is 3. The van der Waals surface area contributed by atoms with E-state index in [2.05, 4.69) is 13.5 Å². The molecule has 0 bridgehead atoms. The summed E-state index contributed by atoms with van der Waals surface area (Å²) >= 11 is 0. The summed E-state index contributed by atoms with van der Waals surface area (Å²) in [5, 5.41) is 0. The predicted octanol–water partition coefficient (Wildman–Crippen LogP) is 3.54. The Bertz CT molecular complexity index is 874. The quantitative estimate of drug-likeness (QED) is 0.674. The number of allylic oxidation sites excluding steroid dienone is 2. The second kappa shape index (κ2) is 7.30. The first-order valence-electron chi connectivity index (χ1n) is 9.61. The van der Waals surface area contributed by atoms with Crippen molar-refractivity contribution in [1.29, 1.82) is 0 Å². The van der Waals surface area contributed by atoms with Gasteiger partial charge in [0.2, 0.25) is 24.1 Å². The van der Waals surface area contributed by atoms with Gasteiger partial charge in [0, 0.05) is 24.0 Å². The van der Waals surface area contributed by atoms with Crippen LogP contribution in [0.3, 0.4) is 0 Å². The largest absolute Gasteiger partial charge is 0.493 e. The molecule has 2 aliphatic heterocycles. The summed E-state index contributed by atoms with van der Waals surface area (Å²) in [6, 6.07) is 3.81. The van der Waals surface area contributed by atoms with E-state index >= 15 is 0 Å². The number of carbonyl (C=O) groups is 1. The van der Waals surface area contributed by atoms with Gasteiger partial charge in [0.1, 0.15) is 18.0 Å². The third-order valence-corrected chi connectivity index (χ3v) is 6.30. The lowest BCUT2D eigenvalue weighted by Crippen LogP contribution is -2.42. The maximum atomic E-state index is 12.8. The molecule has 0 spiro atoms. The first kappa shape index (κ1) is 19.6. The van der Waals surface area contributed by atoms with Crippen LogP contribution in [0.5, 0.6) is 17.2 Å². The molecule has 1 aliphatic carbocycles. The SMILES string of the molecule is C=CC[C@@]12C[C@H](OC)C(=O)C(OC)=C1O[C@H](c1cc(OC)c3c(c1)OCO3)[C@@H]2C. The molecular formula is C22H26O7. The molecule has 4 rings (SSSR count). The minimum atomic E-state index is -0.579. The van der Waals surface area contributed by atoms with Crippen molar-refractivity contribution in [3.8, 4) is 17.2 Å². The summed E-state index contributed by atoms with van der Waals surface area (Å²) in [4.78, 5) is 12.8. The monoisotopic (exact) mass is 402 g/mol. The van der Waals surface area contributed by atoms with Crippen LogP contribution in [-0.2, 0) is 19.0 Å². The summed E-state index contributed by atoms with van der Waals surface area (Å²) < 4.78 is 34.0. The lowest BCUT2D eigenvalue weighted by atomic mass is 9.65. The number of ketones is 1. The van der Waals surface area contributed by atoms with E-state index in [9.17, 15) is 4.79 Å². The number of carbonyl (C=O) groups excluding carboxylic acids is 1. The van der Waals surface area contributed by atoms with Gasteiger partial charge in [0.25, 0.3) is 0 Å². The Hall–Kier alpha value is -2.67. The van der Waals surface area contributed by atoms with Gasteiger partial charge in [-0.05, 0) is 25.0 Å². The maximum Gasteiger partial charge on any atom is 0.231 e. The van der Waals surface area contributed by atoms with Crippen molar-refractivity contribution in [2.75, 3.05) is 28.1 Å². The van der Waals surface area contributed by atoms with Crippen molar-refractivity contribution in [3.63, 3.8) is 0 Å². The minimum Gasteiger partial charge on any atom is -0.493 e. The molecule has 0 amide bonds. The topological polar surface area (TPSA) is 72.5 Å². The first-order chi connectivity index (χ1) is 14.0. The van der Waals surface area contributed by atoms with Crippen LogP contribution >= 0.6 is 0 Å². The number of fused-ring (bicyclic) bond motifs is 2. The molecule has 0 saturated carbocycles. The lowest BCUT2D eigenvalue weighted by Gasteiger charge is -2.38. The molecule has 156 valence electrons. The molecule has 0 unspecified atom stereocenters. The summed E-state index contributed by atoms with van der Waals surface area (Å²) in [6.45, 7) is 6.21. The van der Waals surface area contributed by atoms with Gasteiger partial charge >= 0.3 is 0 Å². The number of benzene rings is 1. The molecular weight excluding hydrogens is 376 g/mol. The van der Waals surface area contributed by atoms with E-state index in [-0.39, 0.29) is 30.4 Å². The van der Waals surface area contributed by atoms with Gasteiger partial charge in [-0.2, -0.15) is 0 Å². The minimum absolute atomic E-state index is 0.0245. The van der Waals surface area contributed by atoms with Crippen LogP contribution in [0.15, 0.2) is 36.3 Å². The van der Waals surface area contributed by atoms with Gasteiger partial charge in [0.05, 0.1) is 14.2 Å². The number of ether oxygens (including phenoxy) is 6. The Morgan fingerprint density at radius 2 is 2.03 bits per heavy atom. The van der Waals surface area contributed by atoms with Gasteiger partial charge in [0.15, 0.2) is 11.5 Å². The van der Waals surface area contributed by atoms with Gasteiger partial charge in [-0.3, -0.25) is 4.79 Å². The first-order valence-corrected chi connectivity index (χ1v) is 9.61. The number of hydrogen-bond donors (Lipinski definition) is 0. The van der Waals surface area contributed by atoms with Crippen molar-refractivity contribution in [3.05, 3.63) is 41.9 Å². The Balaban J connectivity index is 1.83. The van der Waals surface area contributed by atoms with E-state index in [0.717, 1.165) is 5.56 Å². The highest BCUT2D eigenvalue weighted by atomic mass is 16.7.